The maximum Gasteiger partial charge on any atom is 0.319 e. The fourth-order valence-corrected chi connectivity index (χ4v) is 1.49. The molecule has 0 N–H and O–H groups in total. The maximum absolute atomic E-state index is 13.0. The first-order valence-electron chi connectivity index (χ1n) is 6.07. The summed E-state index contributed by atoms with van der Waals surface area (Å²) in [6.45, 7) is 4.47. The zero-order chi connectivity index (χ0) is 15.3. The molecule has 0 bridgehead atoms. The molecule has 0 radical (unpaired) electrons. The van der Waals surface area contributed by atoms with Crippen molar-refractivity contribution in [3.8, 4) is 5.75 Å². The Labute approximate surface area is 121 Å². The Morgan fingerprint density at radius 2 is 2.00 bits per heavy atom. The maximum atomic E-state index is 13.0. The molecule has 0 fully saturated rings. The van der Waals surface area contributed by atoms with Crippen molar-refractivity contribution in [2.24, 2.45) is 5.41 Å². The smallest absolute Gasteiger partial charge is 0.319 e. The highest BCUT2D eigenvalue weighted by Gasteiger charge is 2.37. The highest BCUT2D eigenvalue weighted by molar-refractivity contribution is 6.30. The summed E-state index contributed by atoms with van der Waals surface area (Å²) in [7, 11) is 0. The lowest BCUT2D eigenvalue weighted by atomic mass is 9.88. The lowest BCUT2D eigenvalue weighted by Gasteiger charge is -2.20. The average Bonchev–Trinajstić information content (AvgIpc) is 2.39. The van der Waals surface area contributed by atoms with E-state index in [9.17, 15) is 14.0 Å². The van der Waals surface area contributed by atoms with Gasteiger partial charge in [0.05, 0.1) is 11.6 Å². The van der Waals surface area contributed by atoms with Crippen LogP contribution in [-0.2, 0) is 14.3 Å². The van der Waals surface area contributed by atoms with Crippen LogP contribution in [0, 0.1) is 11.2 Å². The molecule has 0 aliphatic heterocycles. The second-order valence-electron chi connectivity index (χ2n) is 4.63. The van der Waals surface area contributed by atoms with Gasteiger partial charge in [-0.1, -0.05) is 11.6 Å². The van der Waals surface area contributed by atoms with Gasteiger partial charge in [-0.3, -0.25) is 9.59 Å². The number of esters is 1. The normalized spacial score (nSPS) is 11.1. The Morgan fingerprint density at radius 3 is 2.55 bits per heavy atom. The van der Waals surface area contributed by atoms with Crippen LogP contribution in [0.25, 0.3) is 0 Å². The minimum absolute atomic E-state index is 0.0976. The number of halogens is 2. The van der Waals surface area contributed by atoms with Crippen LogP contribution < -0.4 is 4.74 Å². The van der Waals surface area contributed by atoms with E-state index in [4.69, 9.17) is 21.1 Å². The molecular weight excluding hydrogens is 287 g/mol. The minimum atomic E-state index is -1.29. The van der Waals surface area contributed by atoms with Crippen molar-refractivity contribution < 1.29 is 23.5 Å². The van der Waals surface area contributed by atoms with Crippen molar-refractivity contribution >= 4 is 23.4 Å². The summed E-state index contributed by atoms with van der Waals surface area (Å²) < 4.78 is 23.0. The van der Waals surface area contributed by atoms with Gasteiger partial charge >= 0.3 is 5.97 Å². The summed E-state index contributed by atoms with van der Waals surface area (Å²) >= 11 is 5.60. The van der Waals surface area contributed by atoms with Gasteiger partial charge in [0.2, 0.25) is 0 Å². The van der Waals surface area contributed by atoms with Gasteiger partial charge in [-0.05, 0) is 32.9 Å². The molecule has 0 saturated carbocycles. The highest BCUT2D eigenvalue weighted by atomic mass is 35.5. The molecule has 1 aromatic carbocycles. The van der Waals surface area contributed by atoms with Gasteiger partial charge in [-0.25, -0.2) is 4.39 Å². The molecule has 20 heavy (non-hydrogen) atoms. The third-order valence-corrected chi connectivity index (χ3v) is 3.03. The Morgan fingerprint density at radius 1 is 1.35 bits per heavy atom. The molecule has 6 heteroatoms. The second kappa shape index (κ2) is 6.70. The number of hydrogen-bond acceptors (Lipinski definition) is 4. The zero-order valence-electron chi connectivity index (χ0n) is 11.5. The number of carbonyl (C=O) groups excluding carboxylic acids is 2. The van der Waals surface area contributed by atoms with Gasteiger partial charge < -0.3 is 9.47 Å². The van der Waals surface area contributed by atoms with Crippen molar-refractivity contribution in [2.75, 3.05) is 13.2 Å². The predicted molar refractivity (Wildman–Crippen MR) is 72.3 cm³/mol. The number of hydrogen-bond donors (Lipinski definition) is 0. The fraction of sp³-hybridized carbons (Fsp3) is 0.429. The summed E-state index contributed by atoms with van der Waals surface area (Å²) in [5.74, 6) is -1.36. The molecule has 0 atom stereocenters. The van der Waals surface area contributed by atoms with E-state index in [1.807, 2.05) is 0 Å². The third-order valence-electron chi connectivity index (χ3n) is 2.74. The Kier molecular flexibility index (Phi) is 5.51. The van der Waals surface area contributed by atoms with Gasteiger partial charge in [-0.2, -0.15) is 0 Å². The number of Topliss-reactive ketones (excluding diaryl/α,β-unsaturated/α-hetero) is 1. The molecule has 0 amide bonds. The molecule has 0 aliphatic carbocycles. The topological polar surface area (TPSA) is 52.6 Å². The summed E-state index contributed by atoms with van der Waals surface area (Å²) in [5, 5.41) is -0.0976. The summed E-state index contributed by atoms with van der Waals surface area (Å²) in [6, 6.07) is 3.76. The molecule has 0 aromatic heterocycles. The van der Waals surface area contributed by atoms with Gasteiger partial charge in [0, 0.05) is 6.07 Å². The molecule has 0 spiro atoms. The monoisotopic (exact) mass is 302 g/mol. The van der Waals surface area contributed by atoms with Crippen molar-refractivity contribution in [3.63, 3.8) is 0 Å². The molecule has 0 heterocycles. The summed E-state index contributed by atoms with van der Waals surface area (Å²) in [6.07, 6.45) is 0. The van der Waals surface area contributed by atoms with E-state index in [0.717, 1.165) is 6.07 Å². The van der Waals surface area contributed by atoms with E-state index >= 15 is 0 Å². The van der Waals surface area contributed by atoms with E-state index in [1.54, 1.807) is 6.92 Å². The average molecular weight is 303 g/mol. The number of ketones is 1. The van der Waals surface area contributed by atoms with Crippen LogP contribution >= 0.6 is 11.6 Å². The SMILES string of the molecule is CCOC(=O)C(C)(C)C(=O)COc1ccc(F)c(Cl)c1. The van der Waals surface area contributed by atoms with Crippen LogP contribution in [0.5, 0.6) is 5.75 Å². The molecule has 1 aromatic rings. The van der Waals surface area contributed by atoms with Crippen LogP contribution in [0.2, 0.25) is 5.02 Å². The van der Waals surface area contributed by atoms with E-state index in [2.05, 4.69) is 0 Å². The zero-order valence-corrected chi connectivity index (χ0v) is 12.3. The molecule has 4 nitrogen and oxygen atoms in total. The van der Waals surface area contributed by atoms with Gasteiger partial charge in [-0.15, -0.1) is 0 Å². The van der Waals surface area contributed by atoms with Crippen molar-refractivity contribution in [1.82, 2.24) is 0 Å². The van der Waals surface area contributed by atoms with Gasteiger partial charge in [0.1, 0.15) is 23.6 Å². The van der Waals surface area contributed by atoms with Crippen LogP contribution in [0.4, 0.5) is 4.39 Å². The largest absolute Gasteiger partial charge is 0.486 e. The lowest BCUT2D eigenvalue weighted by Crippen LogP contribution is -2.38. The highest BCUT2D eigenvalue weighted by Crippen LogP contribution is 2.23. The van der Waals surface area contributed by atoms with Crippen LogP contribution in [0.3, 0.4) is 0 Å². The molecule has 0 saturated heterocycles. The molecule has 110 valence electrons. The molecule has 1 rings (SSSR count). The van der Waals surface area contributed by atoms with Crippen LogP contribution in [0.1, 0.15) is 20.8 Å². The molecule has 0 aliphatic rings. The van der Waals surface area contributed by atoms with Crippen LogP contribution in [0.15, 0.2) is 18.2 Å². The first kappa shape index (κ1) is 16.4. The molecular formula is C14H16ClFO4. The lowest BCUT2D eigenvalue weighted by molar-refractivity contribution is -0.158. The van der Waals surface area contributed by atoms with Crippen molar-refractivity contribution in [1.29, 1.82) is 0 Å². The Bertz CT molecular complexity index is 514. The third kappa shape index (κ3) is 3.93. The van der Waals surface area contributed by atoms with E-state index in [1.165, 1.54) is 26.0 Å². The second-order valence-corrected chi connectivity index (χ2v) is 5.04. The summed E-state index contributed by atoms with van der Waals surface area (Å²) in [5.41, 5.74) is -1.29. The number of ether oxygens (including phenoxy) is 2. The van der Waals surface area contributed by atoms with E-state index in [-0.39, 0.29) is 24.0 Å². The van der Waals surface area contributed by atoms with Gasteiger partial charge in [0.25, 0.3) is 0 Å². The quantitative estimate of drug-likeness (QED) is 0.599. The van der Waals surface area contributed by atoms with Crippen LogP contribution in [-0.4, -0.2) is 25.0 Å². The number of benzene rings is 1. The first-order chi connectivity index (χ1) is 9.28. The Balaban J connectivity index is 2.66. The van der Waals surface area contributed by atoms with Gasteiger partial charge in [0.15, 0.2) is 5.78 Å². The van der Waals surface area contributed by atoms with Crippen molar-refractivity contribution in [3.05, 3.63) is 29.0 Å². The fourth-order valence-electron chi connectivity index (χ4n) is 1.32. The Hall–Kier alpha value is -1.62. The number of carbonyl (C=O) groups is 2. The predicted octanol–water partition coefficient (Wildman–Crippen LogP) is 3.02. The standard InChI is InChI=1S/C14H16ClFO4/c1-4-19-13(18)14(2,3)12(17)8-20-9-5-6-11(16)10(15)7-9/h5-7H,4,8H2,1-3H3. The molecule has 0 unspecified atom stereocenters. The number of rotatable bonds is 6. The van der Waals surface area contributed by atoms with Crippen molar-refractivity contribution in [2.45, 2.75) is 20.8 Å². The van der Waals surface area contributed by atoms with E-state index in [0.29, 0.717) is 0 Å². The van der Waals surface area contributed by atoms with E-state index < -0.39 is 23.0 Å². The first-order valence-corrected chi connectivity index (χ1v) is 6.45. The summed E-state index contributed by atoms with van der Waals surface area (Å²) in [4.78, 5) is 23.6. The minimum Gasteiger partial charge on any atom is -0.486 e.